The van der Waals surface area contributed by atoms with E-state index in [1.807, 2.05) is 0 Å². The molecule has 0 aliphatic heterocycles. The number of carbonyl (C=O) groups excluding carboxylic acids is 1. The fourth-order valence-corrected chi connectivity index (χ4v) is 1.93. The van der Waals surface area contributed by atoms with Crippen LogP contribution in [-0.2, 0) is 0 Å². The van der Waals surface area contributed by atoms with Gasteiger partial charge in [-0.25, -0.2) is 18.2 Å². The number of anilines is 1. The Balaban J connectivity index is 1.72. The third kappa shape index (κ3) is 3.61. The topological polar surface area (TPSA) is 51.2 Å². The van der Waals surface area contributed by atoms with Crippen molar-refractivity contribution >= 4 is 11.6 Å². The summed E-state index contributed by atoms with van der Waals surface area (Å²) in [5, 5.41) is 2.20. The van der Waals surface area contributed by atoms with Crippen molar-refractivity contribution in [1.82, 2.24) is 4.98 Å². The van der Waals surface area contributed by atoms with Crippen LogP contribution in [0.3, 0.4) is 0 Å². The third-order valence-corrected chi connectivity index (χ3v) is 3.44. The minimum Gasteiger partial charge on any atom is -0.477 e. The van der Waals surface area contributed by atoms with E-state index < -0.39 is 29.0 Å². The number of aromatic nitrogens is 1. The van der Waals surface area contributed by atoms with Crippen LogP contribution in [0.5, 0.6) is 5.88 Å². The number of halogens is 3. The van der Waals surface area contributed by atoms with Crippen LogP contribution >= 0.6 is 0 Å². The molecule has 7 heteroatoms. The van der Waals surface area contributed by atoms with Crippen molar-refractivity contribution < 1.29 is 22.7 Å². The van der Waals surface area contributed by atoms with Gasteiger partial charge in [0.05, 0.1) is 12.3 Å². The first kappa shape index (κ1) is 15.3. The smallest absolute Gasteiger partial charge is 0.255 e. The first-order valence-corrected chi connectivity index (χ1v) is 7.08. The molecule has 1 aromatic heterocycles. The molecule has 1 aliphatic carbocycles. The number of carbonyl (C=O) groups is 1. The van der Waals surface area contributed by atoms with E-state index in [2.05, 4.69) is 10.3 Å². The van der Waals surface area contributed by atoms with E-state index in [4.69, 9.17) is 4.74 Å². The van der Waals surface area contributed by atoms with Crippen molar-refractivity contribution in [2.75, 3.05) is 11.9 Å². The Morgan fingerprint density at radius 3 is 2.74 bits per heavy atom. The SMILES string of the molecule is O=C(Nc1ccc(F)c(F)c1F)c1ccnc(OCC2CC2)c1. The number of amides is 1. The second-order valence-corrected chi connectivity index (χ2v) is 5.31. The molecule has 0 saturated heterocycles. The maximum absolute atomic E-state index is 13.6. The summed E-state index contributed by atoms with van der Waals surface area (Å²) in [6.45, 7) is 0.538. The lowest BCUT2D eigenvalue weighted by molar-refractivity contribution is 0.102. The van der Waals surface area contributed by atoms with E-state index in [1.54, 1.807) is 0 Å². The minimum absolute atomic E-state index is 0.176. The largest absolute Gasteiger partial charge is 0.477 e. The quantitative estimate of drug-likeness (QED) is 0.857. The summed E-state index contributed by atoms with van der Waals surface area (Å²) in [7, 11) is 0. The van der Waals surface area contributed by atoms with Crippen LogP contribution < -0.4 is 10.1 Å². The highest BCUT2D eigenvalue weighted by Crippen LogP contribution is 2.29. The molecule has 0 radical (unpaired) electrons. The van der Waals surface area contributed by atoms with Crippen LogP contribution in [-0.4, -0.2) is 17.5 Å². The summed E-state index contributed by atoms with van der Waals surface area (Å²) < 4.78 is 45.1. The fraction of sp³-hybridized carbons (Fsp3) is 0.250. The molecule has 1 aromatic carbocycles. The molecule has 1 heterocycles. The van der Waals surface area contributed by atoms with Gasteiger partial charge in [0.25, 0.3) is 5.91 Å². The average molecular weight is 322 g/mol. The predicted molar refractivity (Wildman–Crippen MR) is 76.7 cm³/mol. The second-order valence-electron chi connectivity index (χ2n) is 5.31. The van der Waals surface area contributed by atoms with E-state index in [1.165, 1.54) is 18.3 Å². The van der Waals surface area contributed by atoms with Crippen molar-refractivity contribution in [3.63, 3.8) is 0 Å². The van der Waals surface area contributed by atoms with Crippen LogP contribution in [0.4, 0.5) is 18.9 Å². The Bertz CT molecular complexity index is 748. The fourth-order valence-electron chi connectivity index (χ4n) is 1.93. The van der Waals surface area contributed by atoms with Crippen molar-refractivity contribution in [3.05, 3.63) is 53.5 Å². The van der Waals surface area contributed by atoms with Crippen LogP contribution in [0.15, 0.2) is 30.5 Å². The molecule has 1 N–H and O–H groups in total. The van der Waals surface area contributed by atoms with Crippen molar-refractivity contribution in [1.29, 1.82) is 0 Å². The first-order chi connectivity index (χ1) is 11.0. The zero-order valence-electron chi connectivity index (χ0n) is 12.0. The molecule has 1 saturated carbocycles. The number of nitrogens with one attached hydrogen (secondary N) is 1. The third-order valence-electron chi connectivity index (χ3n) is 3.44. The van der Waals surface area contributed by atoms with E-state index >= 15 is 0 Å². The Hall–Kier alpha value is -2.57. The van der Waals surface area contributed by atoms with Gasteiger partial charge >= 0.3 is 0 Å². The first-order valence-electron chi connectivity index (χ1n) is 7.08. The van der Waals surface area contributed by atoms with E-state index in [-0.39, 0.29) is 11.4 Å². The summed E-state index contributed by atoms with van der Waals surface area (Å²) in [5.74, 6) is -4.25. The molecule has 3 rings (SSSR count). The molecular weight excluding hydrogens is 309 g/mol. The number of benzene rings is 1. The van der Waals surface area contributed by atoms with Crippen molar-refractivity contribution in [2.45, 2.75) is 12.8 Å². The van der Waals surface area contributed by atoms with Crippen molar-refractivity contribution in [3.8, 4) is 5.88 Å². The summed E-state index contributed by atoms with van der Waals surface area (Å²) in [6, 6.07) is 4.52. The summed E-state index contributed by atoms with van der Waals surface area (Å²) in [4.78, 5) is 16.1. The molecule has 1 amide bonds. The molecule has 23 heavy (non-hydrogen) atoms. The highest BCUT2D eigenvalue weighted by Gasteiger charge is 2.22. The minimum atomic E-state index is -1.63. The monoisotopic (exact) mass is 322 g/mol. The Kier molecular flexibility index (Phi) is 4.18. The number of ether oxygens (including phenoxy) is 1. The summed E-state index contributed by atoms with van der Waals surface area (Å²) >= 11 is 0. The Labute approximate surface area is 130 Å². The molecule has 4 nitrogen and oxygen atoms in total. The van der Waals surface area contributed by atoms with E-state index in [9.17, 15) is 18.0 Å². The van der Waals surface area contributed by atoms with Crippen LogP contribution in [0.2, 0.25) is 0 Å². The highest BCUT2D eigenvalue weighted by molar-refractivity contribution is 6.04. The van der Waals surface area contributed by atoms with Crippen LogP contribution in [0, 0.1) is 23.4 Å². The highest BCUT2D eigenvalue weighted by atomic mass is 19.2. The molecular formula is C16H13F3N2O2. The van der Waals surface area contributed by atoms with E-state index in [0.717, 1.165) is 25.0 Å². The average Bonchev–Trinajstić information content (AvgIpc) is 3.38. The number of nitrogens with zero attached hydrogens (tertiary/aromatic N) is 1. The van der Waals surface area contributed by atoms with Gasteiger partial charge in [0.15, 0.2) is 17.5 Å². The number of pyridine rings is 1. The lowest BCUT2D eigenvalue weighted by Crippen LogP contribution is -2.14. The lowest BCUT2D eigenvalue weighted by atomic mass is 10.2. The number of hydrogen-bond donors (Lipinski definition) is 1. The summed E-state index contributed by atoms with van der Waals surface area (Å²) in [6.07, 6.45) is 3.63. The summed E-state index contributed by atoms with van der Waals surface area (Å²) in [5.41, 5.74) is -0.263. The molecule has 2 aromatic rings. The van der Waals surface area contributed by atoms with Gasteiger partial charge in [-0.2, -0.15) is 0 Å². The van der Waals surface area contributed by atoms with Crippen molar-refractivity contribution in [2.24, 2.45) is 5.92 Å². The zero-order valence-corrected chi connectivity index (χ0v) is 12.0. The molecule has 0 bridgehead atoms. The number of rotatable bonds is 5. The lowest BCUT2D eigenvalue weighted by Gasteiger charge is -2.09. The molecule has 0 unspecified atom stereocenters. The normalized spacial score (nSPS) is 13.7. The van der Waals surface area contributed by atoms with Crippen LogP contribution in [0.25, 0.3) is 0 Å². The van der Waals surface area contributed by atoms with Gasteiger partial charge in [0.1, 0.15) is 0 Å². The standard InChI is InChI=1S/C16H13F3N2O2/c17-11-3-4-12(15(19)14(11)18)21-16(22)10-5-6-20-13(7-10)23-8-9-1-2-9/h3-7,9H,1-2,8H2,(H,21,22). The maximum Gasteiger partial charge on any atom is 0.255 e. The van der Waals surface area contributed by atoms with Gasteiger partial charge in [-0.3, -0.25) is 4.79 Å². The zero-order chi connectivity index (χ0) is 16.4. The van der Waals surface area contributed by atoms with Gasteiger partial charge in [-0.05, 0) is 37.0 Å². The predicted octanol–water partition coefficient (Wildman–Crippen LogP) is 3.54. The van der Waals surface area contributed by atoms with Gasteiger partial charge in [0.2, 0.25) is 5.88 Å². The van der Waals surface area contributed by atoms with Gasteiger partial charge < -0.3 is 10.1 Å². The Morgan fingerprint density at radius 1 is 1.22 bits per heavy atom. The second kappa shape index (κ2) is 6.28. The van der Waals surface area contributed by atoms with Gasteiger partial charge in [-0.15, -0.1) is 0 Å². The molecule has 0 spiro atoms. The van der Waals surface area contributed by atoms with Crippen LogP contribution in [0.1, 0.15) is 23.2 Å². The molecule has 120 valence electrons. The number of hydrogen-bond acceptors (Lipinski definition) is 3. The van der Waals surface area contributed by atoms with Gasteiger partial charge in [-0.1, -0.05) is 0 Å². The maximum atomic E-state index is 13.6. The van der Waals surface area contributed by atoms with Gasteiger partial charge in [0, 0.05) is 17.8 Å². The molecule has 1 fully saturated rings. The Morgan fingerprint density at radius 2 is 2.00 bits per heavy atom. The van der Waals surface area contributed by atoms with E-state index in [0.29, 0.717) is 12.5 Å². The molecule has 1 aliphatic rings. The molecule has 0 atom stereocenters.